The first-order chi connectivity index (χ1) is 21.7. The summed E-state index contributed by atoms with van der Waals surface area (Å²) in [5, 5.41) is 4.85. The van der Waals surface area contributed by atoms with Crippen LogP contribution in [0.3, 0.4) is 0 Å². The van der Waals surface area contributed by atoms with Gasteiger partial charge in [0.25, 0.3) is 0 Å². The Labute approximate surface area is 256 Å². The van der Waals surface area contributed by atoms with Gasteiger partial charge in [-0.1, -0.05) is 114 Å². The molecular weight excluding hydrogens is 545 g/mol. The molecule has 1 aromatic heterocycles. The summed E-state index contributed by atoms with van der Waals surface area (Å²) < 4.78 is 23.9. The number of aromatic nitrogens is 1. The summed E-state index contributed by atoms with van der Waals surface area (Å²) in [6.45, 7) is 0.551. The second-order valence-electron chi connectivity index (χ2n) is 10.8. The number of hydrogen-bond acceptors (Lipinski definition) is 3. The number of nitrogens with zero attached hydrogens (tertiary/aromatic N) is 3. The zero-order valence-electron chi connectivity index (χ0n) is 24.5. The van der Waals surface area contributed by atoms with Gasteiger partial charge in [0.05, 0.1) is 36.9 Å². The average molecular weight is 578 g/mol. The Morgan fingerprint density at radius 1 is 0.591 bits per heavy atom. The Morgan fingerprint density at radius 2 is 1.20 bits per heavy atom. The van der Waals surface area contributed by atoms with Gasteiger partial charge in [0.1, 0.15) is 5.75 Å². The monoisotopic (exact) mass is 577 g/mol. The van der Waals surface area contributed by atoms with Crippen LogP contribution in [-0.4, -0.2) is 16.9 Å². The highest BCUT2D eigenvalue weighted by molar-refractivity contribution is 6.10. The zero-order chi connectivity index (χ0) is 29.9. The van der Waals surface area contributed by atoms with E-state index in [9.17, 15) is 0 Å². The smallest absolute Gasteiger partial charge is 0.126 e. The van der Waals surface area contributed by atoms with E-state index in [-0.39, 0.29) is 6.54 Å². The molecule has 4 nitrogen and oxygen atoms in total. The maximum atomic E-state index is 15.9. The minimum Gasteiger partial charge on any atom is -0.496 e. The van der Waals surface area contributed by atoms with Crippen LogP contribution in [0.4, 0.5) is 10.2 Å². The molecule has 1 heterocycles. The Hall–Kier alpha value is -5.39. The quantitative estimate of drug-likeness (QED) is 0.126. The highest BCUT2D eigenvalue weighted by Crippen LogP contribution is 2.37. The summed E-state index contributed by atoms with van der Waals surface area (Å²) in [6.07, 6.45) is 0. The molecule has 0 radical (unpaired) electrons. The summed E-state index contributed by atoms with van der Waals surface area (Å²) in [4.78, 5) is 0. The number of fused-ring (bicyclic) bond motifs is 3. The van der Waals surface area contributed by atoms with Crippen LogP contribution in [0, 0.1) is 0 Å². The first-order valence-corrected chi connectivity index (χ1v) is 14.8. The standard InChI is InChI=1S/C39H32FN3O/c1-44-39-19-11-9-16-34(39)31-20-25-36-35-17-8-10-18-37(35)43(38(36)26-31)33-23-21-32(22-24-33)41(27-29-12-4-2-5-13-29)42(40)28-30-14-6-3-7-15-30/h2-26H,27-28H2,1H3. The van der Waals surface area contributed by atoms with Gasteiger partial charge in [0, 0.05) is 22.0 Å². The predicted molar refractivity (Wildman–Crippen MR) is 178 cm³/mol. The van der Waals surface area contributed by atoms with Gasteiger partial charge < -0.3 is 9.30 Å². The van der Waals surface area contributed by atoms with Gasteiger partial charge in [-0.25, -0.2) is 0 Å². The number of ether oxygens (including phenoxy) is 1. The number of halogens is 1. The summed E-state index contributed by atoms with van der Waals surface area (Å²) in [6, 6.07) is 51.0. The van der Waals surface area contributed by atoms with Gasteiger partial charge in [-0.05, 0) is 59.2 Å². The van der Waals surface area contributed by atoms with Crippen LogP contribution in [-0.2, 0) is 13.1 Å². The molecule has 5 heteroatoms. The van der Waals surface area contributed by atoms with Crippen LogP contribution in [0.5, 0.6) is 5.75 Å². The third kappa shape index (κ3) is 5.30. The average Bonchev–Trinajstić information content (AvgIpc) is 3.42. The van der Waals surface area contributed by atoms with Gasteiger partial charge in [0.15, 0.2) is 0 Å². The van der Waals surface area contributed by atoms with Crippen LogP contribution >= 0.6 is 0 Å². The number of hydrazine groups is 1. The van der Waals surface area contributed by atoms with Gasteiger partial charge in [-0.15, -0.1) is 4.48 Å². The third-order valence-electron chi connectivity index (χ3n) is 8.09. The lowest BCUT2D eigenvalue weighted by Gasteiger charge is -2.30. The van der Waals surface area contributed by atoms with Crippen molar-refractivity contribution in [2.45, 2.75) is 13.1 Å². The SMILES string of the molecule is COc1ccccc1-c1ccc2c3ccccc3n(-c3ccc(N(Cc4ccccc4)N(F)Cc4ccccc4)cc3)c2c1. The van der Waals surface area contributed by atoms with Crippen molar-refractivity contribution in [3.63, 3.8) is 0 Å². The Morgan fingerprint density at radius 3 is 1.93 bits per heavy atom. The number of benzene rings is 6. The third-order valence-corrected chi connectivity index (χ3v) is 8.09. The second kappa shape index (κ2) is 12.1. The number of hydrogen-bond donors (Lipinski definition) is 0. The molecule has 0 aliphatic carbocycles. The maximum absolute atomic E-state index is 15.9. The molecule has 0 aliphatic rings. The van der Waals surface area contributed by atoms with Crippen LogP contribution in [0.1, 0.15) is 11.1 Å². The number of methoxy groups -OCH3 is 1. The molecule has 6 aromatic carbocycles. The van der Waals surface area contributed by atoms with Crippen LogP contribution in [0.25, 0.3) is 38.6 Å². The topological polar surface area (TPSA) is 20.6 Å². The number of rotatable bonds is 9. The molecule has 0 atom stereocenters. The molecule has 0 bridgehead atoms. The van der Waals surface area contributed by atoms with Crippen LogP contribution in [0.2, 0.25) is 0 Å². The van der Waals surface area contributed by atoms with E-state index in [0.717, 1.165) is 55.6 Å². The Balaban J connectivity index is 1.30. The van der Waals surface area contributed by atoms with E-state index in [4.69, 9.17) is 4.74 Å². The van der Waals surface area contributed by atoms with E-state index in [1.807, 2.05) is 91.0 Å². The zero-order valence-corrected chi connectivity index (χ0v) is 24.5. The van der Waals surface area contributed by atoms with Crippen molar-refractivity contribution in [2.24, 2.45) is 0 Å². The molecule has 0 saturated carbocycles. The normalized spacial score (nSPS) is 11.3. The van der Waals surface area contributed by atoms with Gasteiger partial charge in [-0.3, -0.25) is 5.01 Å². The molecule has 0 amide bonds. The molecule has 0 N–H and O–H groups in total. The minimum atomic E-state index is 0.147. The van der Waals surface area contributed by atoms with Gasteiger partial charge >= 0.3 is 0 Å². The fourth-order valence-electron chi connectivity index (χ4n) is 5.94. The first kappa shape index (κ1) is 27.4. The predicted octanol–water partition coefficient (Wildman–Crippen LogP) is 9.77. The Kier molecular flexibility index (Phi) is 7.53. The maximum Gasteiger partial charge on any atom is 0.126 e. The Bertz CT molecular complexity index is 2020. The van der Waals surface area contributed by atoms with Gasteiger partial charge in [0.2, 0.25) is 0 Å². The molecule has 0 aliphatic heterocycles. The number of anilines is 1. The summed E-state index contributed by atoms with van der Waals surface area (Å²) in [7, 11) is 1.70. The van der Waals surface area contributed by atoms with Crippen LogP contribution < -0.4 is 9.75 Å². The van der Waals surface area contributed by atoms with Crippen molar-refractivity contribution < 1.29 is 9.22 Å². The molecule has 7 aromatic rings. The lowest BCUT2D eigenvalue weighted by atomic mass is 10.0. The minimum absolute atomic E-state index is 0.147. The van der Waals surface area contributed by atoms with Crippen molar-refractivity contribution in [1.82, 2.24) is 9.80 Å². The molecule has 0 saturated heterocycles. The summed E-state index contributed by atoms with van der Waals surface area (Å²) in [5.41, 5.74) is 8.04. The highest BCUT2D eigenvalue weighted by atomic mass is 19.2. The van der Waals surface area contributed by atoms with E-state index in [0.29, 0.717) is 6.54 Å². The lowest BCUT2D eigenvalue weighted by molar-refractivity contribution is -0.00165. The van der Waals surface area contributed by atoms with E-state index >= 15 is 4.48 Å². The van der Waals surface area contributed by atoms with Crippen molar-refractivity contribution in [2.75, 3.05) is 12.1 Å². The molecule has 0 fully saturated rings. The molecule has 216 valence electrons. The summed E-state index contributed by atoms with van der Waals surface area (Å²) in [5.74, 6) is 0.837. The molecule has 0 spiro atoms. The summed E-state index contributed by atoms with van der Waals surface area (Å²) >= 11 is 0. The van der Waals surface area contributed by atoms with Crippen LogP contribution in [0.15, 0.2) is 152 Å². The lowest BCUT2D eigenvalue weighted by Crippen LogP contribution is -2.36. The fraction of sp³-hybridized carbons (Fsp3) is 0.0769. The first-order valence-electron chi connectivity index (χ1n) is 14.8. The fourth-order valence-corrected chi connectivity index (χ4v) is 5.94. The molecule has 0 unspecified atom stereocenters. The van der Waals surface area contributed by atoms with Gasteiger partial charge in [-0.2, -0.15) is 0 Å². The van der Waals surface area contributed by atoms with Crippen molar-refractivity contribution in [1.29, 1.82) is 0 Å². The molecular formula is C39H32FN3O. The van der Waals surface area contributed by atoms with E-state index in [1.165, 1.54) is 10.8 Å². The molecule has 44 heavy (non-hydrogen) atoms. The van der Waals surface area contributed by atoms with Crippen molar-refractivity contribution >= 4 is 27.5 Å². The van der Waals surface area contributed by atoms with Crippen molar-refractivity contribution in [3.8, 4) is 22.6 Å². The van der Waals surface area contributed by atoms with E-state index < -0.39 is 0 Å². The van der Waals surface area contributed by atoms with Crippen molar-refractivity contribution in [3.05, 3.63) is 163 Å². The largest absolute Gasteiger partial charge is 0.496 e. The highest BCUT2D eigenvalue weighted by Gasteiger charge is 2.19. The second-order valence-corrected chi connectivity index (χ2v) is 10.8. The number of para-hydroxylation sites is 2. The van der Waals surface area contributed by atoms with E-state index in [2.05, 4.69) is 65.2 Å². The van der Waals surface area contributed by atoms with E-state index in [1.54, 1.807) is 12.1 Å². The molecule has 7 rings (SSSR count).